The molecule has 0 amide bonds. The predicted molar refractivity (Wildman–Crippen MR) is 95.0 cm³/mol. The van der Waals surface area contributed by atoms with Crippen molar-refractivity contribution in [3.05, 3.63) is 90.5 Å². The highest BCUT2D eigenvalue weighted by Crippen LogP contribution is 2.20. The molecule has 0 bridgehead atoms. The molecule has 0 radical (unpaired) electrons. The smallest absolute Gasteiger partial charge is 0.0991 e. The lowest BCUT2D eigenvalue weighted by molar-refractivity contribution is 0.687. The molecule has 25 heavy (non-hydrogen) atoms. The highest BCUT2D eigenvalue weighted by molar-refractivity contribution is 5.60. The molecule has 0 saturated carbocycles. The van der Waals surface area contributed by atoms with Crippen LogP contribution in [0.1, 0.15) is 11.1 Å². The Morgan fingerprint density at radius 2 is 1.68 bits per heavy atom. The van der Waals surface area contributed by atoms with Crippen molar-refractivity contribution in [3.8, 4) is 22.9 Å². The minimum Gasteiger partial charge on any atom is -0.268 e. The topological polar surface area (TPSA) is 59.4 Å². The second-order valence-electron chi connectivity index (χ2n) is 5.75. The first kappa shape index (κ1) is 14.9. The van der Waals surface area contributed by atoms with Gasteiger partial charge in [-0.3, -0.25) is 4.68 Å². The van der Waals surface area contributed by atoms with Gasteiger partial charge in [0, 0.05) is 23.5 Å². The maximum absolute atomic E-state index is 9.00. The van der Waals surface area contributed by atoms with Gasteiger partial charge in [-0.25, -0.2) is 4.68 Å². The second kappa shape index (κ2) is 6.46. The van der Waals surface area contributed by atoms with Crippen LogP contribution in [0.3, 0.4) is 0 Å². The molecule has 5 heteroatoms. The van der Waals surface area contributed by atoms with Gasteiger partial charge in [-0.2, -0.15) is 15.5 Å². The van der Waals surface area contributed by atoms with Crippen LogP contribution >= 0.6 is 0 Å². The van der Waals surface area contributed by atoms with E-state index in [0.717, 1.165) is 22.4 Å². The predicted octanol–water partition coefficient (Wildman–Crippen LogP) is 3.66. The summed E-state index contributed by atoms with van der Waals surface area (Å²) in [4.78, 5) is 0. The molecule has 120 valence electrons. The minimum absolute atomic E-state index is 0.627. The van der Waals surface area contributed by atoms with Crippen LogP contribution in [0.15, 0.2) is 79.4 Å². The number of para-hydroxylation sites is 1. The number of benzene rings is 2. The van der Waals surface area contributed by atoms with Gasteiger partial charge < -0.3 is 0 Å². The van der Waals surface area contributed by atoms with E-state index < -0.39 is 0 Å². The normalized spacial score (nSPS) is 10.5. The standard InChI is InChI=1S/C20H15N5/c21-10-16-5-4-6-17(9-16)13-24-14-18(11-22-24)19-12-23-25(15-19)20-7-2-1-3-8-20/h1-9,11-12,14-15H,13H2. The van der Waals surface area contributed by atoms with Crippen LogP contribution in [0.4, 0.5) is 0 Å². The summed E-state index contributed by atoms with van der Waals surface area (Å²) in [6, 6.07) is 19.7. The van der Waals surface area contributed by atoms with Gasteiger partial charge in [0.15, 0.2) is 0 Å². The molecule has 0 aliphatic rings. The molecule has 0 unspecified atom stereocenters. The zero-order valence-corrected chi connectivity index (χ0v) is 13.4. The van der Waals surface area contributed by atoms with Crippen LogP contribution in [-0.4, -0.2) is 19.6 Å². The largest absolute Gasteiger partial charge is 0.268 e. The summed E-state index contributed by atoms with van der Waals surface area (Å²) in [5.74, 6) is 0. The number of rotatable bonds is 4. The van der Waals surface area contributed by atoms with Gasteiger partial charge in [0.2, 0.25) is 0 Å². The van der Waals surface area contributed by atoms with E-state index in [2.05, 4.69) is 16.3 Å². The van der Waals surface area contributed by atoms with E-state index in [0.29, 0.717) is 12.1 Å². The van der Waals surface area contributed by atoms with Crippen LogP contribution in [0, 0.1) is 11.3 Å². The Bertz CT molecular complexity index is 1040. The molecule has 0 N–H and O–H groups in total. The van der Waals surface area contributed by atoms with Crippen molar-refractivity contribution in [1.29, 1.82) is 5.26 Å². The second-order valence-corrected chi connectivity index (χ2v) is 5.75. The fourth-order valence-electron chi connectivity index (χ4n) is 2.72. The molecule has 5 nitrogen and oxygen atoms in total. The quantitative estimate of drug-likeness (QED) is 0.575. The molecule has 0 aliphatic heterocycles. The van der Waals surface area contributed by atoms with Crippen molar-refractivity contribution in [2.24, 2.45) is 0 Å². The lowest BCUT2D eigenvalue weighted by atomic mass is 10.1. The lowest BCUT2D eigenvalue weighted by Gasteiger charge is -2.01. The highest BCUT2D eigenvalue weighted by atomic mass is 15.3. The number of nitrogens with zero attached hydrogens (tertiary/aromatic N) is 5. The van der Waals surface area contributed by atoms with Gasteiger partial charge in [0.25, 0.3) is 0 Å². The van der Waals surface area contributed by atoms with Gasteiger partial charge in [0.1, 0.15) is 0 Å². The molecule has 2 aromatic heterocycles. The maximum atomic E-state index is 9.00. The summed E-state index contributed by atoms with van der Waals surface area (Å²) >= 11 is 0. The third-order valence-electron chi connectivity index (χ3n) is 3.97. The first-order valence-corrected chi connectivity index (χ1v) is 7.94. The zero-order chi connectivity index (χ0) is 17.1. The molecule has 2 heterocycles. The fourth-order valence-corrected chi connectivity index (χ4v) is 2.72. The highest BCUT2D eigenvalue weighted by Gasteiger charge is 2.06. The molecule has 0 saturated heterocycles. The van der Waals surface area contributed by atoms with Crippen LogP contribution in [-0.2, 0) is 6.54 Å². The van der Waals surface area contributed by atoms with Gasteiger partial charge >= 0.3 is 0 Å². The van der Waals surface area contributed by atoms with E-state index in [1.165, 1.54) is 0 Å². The van der Waals surface area contributed by atoms with Crippen LogP contribution in [0.25, 0.3) is 16.8 Å². The van der Waals surface area contributed by atoms with E-state index >= 15 is 0 Å². The molecular weight excluding hydrogens is 310 g/mol. The van der Waals surface area contributed by atoms with Crippen molar-refractivity contribution < 1.29 is 0 Å². The number of hydrogen-bond acceptors (Lipinski definition) is 3. The van der Waals surface area contributed by atoms with Gasteiger partial charge in [-0.05, 0) is 29.8 Å². The Morgan fingerprint density at radius 1 is 0.880 bits per heavy atom. The summed E-state index contributed by atoms with van der Waals surface area (Å²) in [5.41, 5.74) is 4.76. The minimum atomic E-state index is 0.627. The Kier molecular flexibility index (Phi) is 3.85. The molecule has 4 rings (SSSR count). The molecule has 0 aliphatic carbocycles. The molecule has 0 atom stereocenters. The zero-order valence-electron chi connectivity index (χ0n) is 13.4. The molecule has 2 aromatic carbocycles. The molecule has 4 aromatic rings. The van der Waals surface area contributed by atoms with Crippen LogP contribution < -0.4 is 0 Å². The van der Waals surface area contributed by atoms with Crippen molar-refractivity contribution in [3.63, 3.8) is 0 Å². The van der Waals surface area contributed by atoms with Gasteiger partial charge in [-0.15, -0.1) is 0 Å². The first-order chi connectivity index (χ1) is 12.3. The molecule has 0 spiro atoms. The summed E-state index contributed by atoms with van der Waals surface area (Å²) < 4.78 is 3.72. The third kappa shape index (κ3) is 3.19. The van der Waals surface area contributed by atoms with Crippen LogP contribution in [0.2, 0.25) is 0 Å². The van der Waals surface area contributed by atoms with Crippen molar-refractivity contribution in [2.75, 3.05) is 0 Å². The summed E-state index contributed by atoms with van der Waals surface area (Å²) in [5, 5.41) is 17.8. The SMILES string of the molecule is N#Cc1cccc(Cn2cc(-c3cnn(-c4ccccc4)c3)cn2)c1. The average molecular weight is 325 g/mol. The van der Waals surface area contributed by atoms with E-state index in [1.54, 1.807) is 6.07 Å². The number of aromatic nitrogens is 4. The average Bonchev–Trinajstić information content (AvgIpc) is 3.32. The van der Waals surface area contributed by atoms with Crippen molar-refractivity contribution >= 4 is 0 Å². The van der Waals surface area contributed by atoms with E-state index in [9.17, 15) is 0 Å². The van der Waals surface area contributed by atoms with E-state index in [1.807, 2.05) is 82.7 Å². The summed E-state index contributed by atoms with van der Waals surface area (Å²) in [7, 11) is 0. The summed E-state index contributed by atoms with van der Waals surface area (Å²) in [6.07, 6.45) is 7.66. The van der Waals surface area contributed by atoms with Gasteiger partial charge in [-0.1, -0.05) is 30.3 Å². The Morgan fingerprint density at radius 3 is 2.52 bits per heavy atom. The van der Waals surface area contributed by atoms with Crippen molar-refractivity contribution in [2.45, 2.75) is 6.54 Å². The Balaban J connectivity index is 1.55. The van der Waals surface area contributed by atoms with E-state index in [4.69, 9.17) is 5.26 Å². The first-order valence-electron chi connectivity index (χ1n) is 7.94. The lowest BCUT2D eigenvalue weighted by Crippen LogP contribution is -1.99. The molecule has 0 fully saturated rings. The van der Waals surface area contributed by atoms with Crippen LogP contribution in [0.5, 0.6) is 0 Å². The summed E-state index contributed by atoms with van der Waals surface area (Å²) in [6.45, 7) is 0.627. The Labute approximate surface area is 145 Å². The molecular formula is C20H15N5. The number of hydrogen-bond donors (Lipinski definition) is 0. The maximum Gasteiger partial charge on any atom is 0.0991 e. The fraction of sp³-hybridized carbons (Fsp3) is 0.0500. The van der Waals surface area contributed by atoms with E-state index in [-0.39, 0.29) is 0 Å². The van der Waals surface area contributed by atoms with Gasteiger partial charge in [0.05, 0.1) is 36.3 Å². The Hall–Kier alpha value is -3.65. The van der Waals surface area contributed by atoms with Crippen molar-refractivity contribution in [1.82, 2.24) is 19.6 Å². The third-order valence-corrected chi connectivity index (χ3v) is 3.97. The monoisotopic (exact) mass is 325 g/mol. The number of nitriles is 1.